The summed E-state index contributed by atoms with van der Waals surface area (Å²) in [6.07, 6.45) is 0.223. The number of halogens is 2. The molecule has 0 saturated carbocycles. The quantitative estimate of drug-likeness (QED) is 0.879. The molecule has 0 bridgehead atoms. The highest BCUT2D eigenvalue weighted by Gasteiger charge is 2.06. The number of aliphatic hydroxyl groups excluding tert-OH is 1. The maximum atomic E-state index is 12.9. The minimum absolute atomic E-state index is 0.273. The molecule has 4 heteroatoms. The van der Waals surface area contributed by atoms with Gasteiger partial charge >= 0.3 is 0 Å². The number of ether oxygens (including phenoxy) is 1. The van der Waals surface area contributed by atoms with Crippen molar-refractivity contribution in [3.8, 4) is 5.75 Å². The van der Waals surface area contributed by atoms with Gasteiger partial charge in [-0.3, -0.25) is 0 Å². The lowest BCUT2D eigenvalue weighted by atomic mass is 10.1. The smallest absolute Gasteiger partial charge is 0.124 e. The van der Waals surface area contributed by atoms with Crippen molar-refractivity contribution in [2.24, 2.45) is 0 Å². The Morgan fingerprint density at radius 3 is 2.50 bits per heavy atom. The molecule has 0 fully saturated rings. The number of rotatable bonds is 5. The summed E-state index contributed by atoms with van der Waals surface area (Å²) >= 11 is 5.93. The predicted molar refractivity (Wildman–Crippen MR) is 77.4 cm³/mol. The van der Waals surface area contributed by atoms with E-state index in [4.69, 9.17) is 16.3 Å². The van der Waals surface area contributed by atoms with Gasteiger partial charge in [0, 0.05) is 5.56 Å². The first-order valence-corrected chi connectivity index (χ1v) is 6.82. The Bertz CT molecular complexity index is 569. The SMILES string of the molecule is CCC(O)c1ccc(OCc2ccc(F)cc2Cl)cc1. The molecule has 1 unspecified atom stereocenters. The molecule has 2 aromatic carbocycles. The second-order valence-corrected chi connectivity index (χ2v) is 4.92. The molecule has 0 heterocycles. The maximum Gasteiger partial charge on any atom is 0.124 e. The van der Waals surface area contributed by atoms with Gasteiger partial charge in [-0.1, -0.05) is 36.7 Å². The molecule has 0 spiro atoms. The highest BCUT2D eigenvalue weighted by atomic mass is 35.5. The molecule has 0 aliphatic carbocycles. The minimum Gasteiger partial charge on any atom is -0.489 e. The van der Waals surface area contributed by atoms with Crippen LogP contribution < -0.4 is 4.74 Å². The molecule has 20 heavy (non-hydrogen) atoms. The van der Waals surface area contributed by atoms with E-state index in [0.29, 0.717) is 17.2 Å². The molecular weight excluding hydrogens is 279 g/mol. The summed E-state index contributed by atoms with van der Waals surface area (Å²) in [6, 6.07) is 11.5. The van der Waals surface area contributed by atoms with Crippen LogP contribution in [-0.2, 0) is 6.61 Å². The van der Waals surface area contributed by atoms with E-state index >= 15 is 0 Å². The van der Waals surface area contributed by atoms with Crippen molar-refractivity contribution in [3.63, 3.8) is 0 Å². The van der Waals surface area contributed by atoms with Gasteiger partial charge in [0.2, 0.25) is 0 Å². The van der Waals surface area contributed by atoms with Crippen molar-refractivity contribution in [1.82, 2.24) is 0 Å². The average molecular weight is 295 g/mol. The van der Waals surface area contributed by atoms with Gasteiger partial charge in [-0.2, -0.15) is 0 Å². The van der Waals surface area contributed by atoms with E-state index in [2.05, 4.69) is 0 Å². The normalized spacial score (nSPS) is 12.2. The summed E-state index contributed by atoms with van der Waals surface area (Å²) < 4.78 is 18.5. The summed E-state index contributed by atoms with van der Waals surface area (Å²) in [7, 11) is 0. The molecule has 0 amide bonds. The van der Waals surface area contributed by atoms with Crippen molar-refractivity contribution in [1.29, 1.82) is 0 Å². The number of benzene rings is 2. The zero-order valence-electron chi connectivity index (χ0n) is 11.1. The zero-order chi connectivity index (χ0) is 14.5. The molecule has 1 N–H and O–H groups in total. The van der Waals surface area contributed by atoms with Gasteiger partial charge in [-0.05, 0) is 36.2 Å². The highest BCUT2D eigenvalue weighted by molar-refractivity contribution is 6.31. The largest absolute Gasteiger partial charge is 0.489 e. The summed E-state index contributed by atoms with van der Waals surface area (Å²) in [5, 5.41) is 10.0. The Balaban J connectivity index is 2.00. The van der Waals surface area contributed by atoms with Crippen LogP contribution in [0.15, 0.2) is 42.5 Å². The Morgan fingerprint density at radius 2 is 1.90 bits per heavy atom. The van der Waals surface area contributed by atoms with E-state index in [0.717, 1.165) is 11.1 Å². The van der Waals surface area contributed by atoms with Gasteiger partial charge in [-0.25, -0.2) is 4.39 Å². The van der Waals surface area contributed by atoms with Crippen molar-refractivity contribution >= 4 is 11.6 Å². The molecule has 106 valence electrons. The first-order chi connectivity index (χ1) is 9.60. The van der Waals surface area contributed by atoms with E-state index in [-0.39, 0.29) is 12.4 Å². The fraction of sp³-hybridized carbons (Fsp3) is 0.250. The van der Waals surface area contributed by atoms with Crippen molar-refractivity contribution in [3.05, 3.63) is 64.4 Å². The van der Waals surface area contributed by atoms with E-state index in [9.17, 15) is 9.50 Å². The maximum absolute atomic E-state index is 12.9. The second kappa shape index (κ2) is 6.73. The fourth-order valence-corrected chi connectivity index (χ4v) is 2.04. The third-order valence-electron chi connectivity index (χ3n) is 3.06. The van der Waals surface area contributed by atoms with Crippen LogP contribution in [0.4, 0.5) is 4.39 Å². The summed E-state index contributed by atoms with van der Waals surface area (Å²) in [4.78, 5) is 0. The first kappa shape index (κ1) is 14.8. The van der Waals surface area contributed by atoms with Gasteiger partial charge in [0.1, 0.15) is 18.2 Å². The lowest BCUT2D eigenvalue weighted by Crippen LogP contribution is -1.98. The lowest BCUT2D eigenvalue weighted by Gasteiger charge is -2.11. The minimum atomic E-state index is -0.449. The van der Waals surface area contributed by atoms with E-state index in [1.165, 1.54) is 12.1 Å². The topological polar surface area (TPSA) is 29.5 Å². The molecule has 1 atom stereocenters. The van der Waals surface area contributed by atoms with Crippen LogP contribution in [0.3, 0.4) is 0 Å². The van der Waals surface area contributed by atoms with E-state index in [1.807, 2.05) is 19.1 Å². The number of hydrogen-bond acceptors (Lipinski definition) is 2. The van der Waals surface area contributed by atoms with E-state index in [1.54, 1.807) is 18.2 Å². The fourth-order valence-electron chi connectivity index (χ4n) is 1.82. The summed E-state index contributed by atoms with van der Waals surface area (Å²) in [5.74, 6) is 0.314. The Morgan fingerprint density at radius 1 is 1.20 bits per heavy atom. The molecule has 2 rings (SSSR count). The summed E-state index contributed by atoms with van der Waals surface area (Å²) in [6.45, 7) is 2.19. The monoisotopic (exact) mass is 294 g/mol. The van der Waals surface area contributed by atoms with Crippen LogP contribution in [-0.4, -0.2) is 5.11 Å². The van der Waals surface area contributed by atoms with Crippen molar-refractivity contribution in [2.75, 3.05) is 0 Å². The van der Waals surface area contributed by atoms with Crippen LogP contribution in [0.25, 0.3) is 0 Å². The molecule has 0 aromatic heterocycles. The molecule has 2 nitrogen and oxygen atoms in total. The molecule has 0 radical (unpaired) electrons. The van der Waals surface area contributed by atoms with Crippen LogP contribution in [0.1, 0.15) is 30.6 Å². The van der Waals surface area contributed by atoms with Gasteiger partial charge in [-0.15, -0.1) is 0 Å². The van der Waals surface area contributed by atoms with Crippen LogP contribution in [0.2, 0.25) is 5.02 Å². The zero-order valence-corrected chi connectivity index (χ0v) is 11.9. The van der Waals surface area contributed by atoms with Gasteiger partial charge in [0.15, 0.2) is 0 Å². The lowest BCUT2D eigenvalue weighted by molar-refractivity contribution is 0.173. The van der Waals surface area contributed by atoms with Gasteiger partial charge in [0.25, 0.3) is 0 Å². The second-order valence-electron chi connectivity index (χ2n) is 4.52. The van der Waals surface area contributed by atoms with Crippen molar-refractivity contribution in [2.45, 2.75) is 26.1 Å². The number of aliphatic hydroxyl groups is 1. The highest BCUT2D eigenvalue weighted by Crippen LogP contribution is 2.22. The van der Waals surface area contributed by atoms with Gasteiger partial charge in [0.05, 0.1) is 11.1 Å². The van der Waals surface area contributed by atoms with Crippen molar-refractivity contribution < 1.29 is 14.2 Å². The molecular formula is C16H16ClFO2. The standard InChI is InChI=1S/C16H16ClFO2/c1-2-16(19)11-4-7-14(8-5-11)20-10-12-3-6-13(18)9-15(12)17/h3-9,16,19H,2,10H2,1H3. The van der Waals surface area contributed by atoms with Crippen LogP contribution >= 0.6 is 11.6 Å². The van der Waals surface area contributed by atoms with Crippen LogP contribution in [0.5, 0.6) is 5.75 Å². The Labute approximate surface area is 122 Å². The number of hydrogen-bond donors (Lipinski definition) is 1. The van der Waals surface area contributed by atoms with Crippen LogP contribution in [0, 0.1) is 5.82 Å². The molecule has 2 aromatic rings. The third-order valence-corrected chi connectivity index (χ3v) is 3.41. The predicted octanol–water partition coefficient (Wildman–Crippen LogP) is 4.50. The molecule has 0 aliphatic heterocycles. The Hall–Kier alpha value is -1.58. The Kier molecular flexibility index (Phi) is 4.99. The molecule has 0 saturated heterocycles. The van der Waals surface area contributed by atoms with E-state index < -0.39 is 6.10 Å². The third kappa shape index (κ3) is 3.71. The van der Waals surface area contributed by atoms with Gasteiger partial charge < -0.3 is 9.84 Å². The first-order valence-electron chi connectivity index (χ1n) is 6.45. The summed E-state index contributed by atoms with van der Waals surface area (Å²) in [5.41, 5.74) is 1.59. The molecule has 0 aliphatic rings. The average Bonchev–Trinajstić information content (AvgIpc) is 2.46.